The van der Waals surface area contributed by atoms with Crippen LogP contribution in [0, 0.1) is 2.88 Å². The SMILES string of the molecule is CCCn1ccnc1CC(NN)c1csc(I)c1. The Labute approximate surface area is 125 Å². The van der Waals surface area contributed by atoms with Crippen LogP contribution in [0.3, 0.4) is 0 Å². The molecule has 0 amide bonds. The molecule has 2 aromatic heterocycles. The molecule has 6 heteroatoms. The Morgan fingerprint density at radius 1 is 1.61 bits per heavy atom. The highest BCUT2D eigenvalue weighted by molar-refractivity contribution is 14.1. The summed E-state index contributed by atoms with van der Waals surface area (Å²) in [7, 11) is 0. The van der Waals surface area contributed by atoms with Gasteiger partial charge in [-0.15, -0.1) is 11.3 Å². The van der Waals surface area contributed by atoms with Crippen molar-refractivity contribution >= 4 is 33.9 Å². The molecule has 1 atom stereocenters. The van der Waals surface area contributed by atoms with Crippen molar-refractivity contribution < 1.29 is 0 Å². The van der Waals surface area contributed by atoms with E-state index in [-0.39, 0.29) is 6.04 Å². The smallest absolute Gasteiger partial charge is 0.110 e. The number of halogens is 1. The van der Waals surface area contributed by atoms with Gasteiger partial charge in [0.15, 0.2) is 0 Å². The molecule has 1 unspecified atom stereocenters. The molecule has 0 aromatic carbocycles. The maximum absolute atomic E-state index is 5.67. The van der Waals surface area contributed by atoms with Gasteiger partial charge in [-0.25, -0.2) is 4.98 Å². The molecule has 0 fully saturated rings. The van der Waals surface area contributed by atoms with E-state index in [4.69, 9.17) is 5.84 Å². The fourth-order valence-corrected chi connectivity index (χ4v) is 3.36. The van der Waals surface area contributed by atoms with Gasteiger partial charge in [0.25, 0.3) is 0 Å². The van der Waals surface area contributed by atoms with Crippen molar-refractivity contribution in [2.45, 2.75) is 32.4 Å². The van der Waals surface area contributed by atoms with E-state index in [0.717, 1.165) is 25.2 Å². The molecule has 0 aliphatic carbocycles. The van der Waals surface area contributed by atoms with Crippen molar-refractivity contribution in [2.75, 3.05) is 0 Å². The second kappa shape index (κ2) is 6.65. The highest BCUT2D eigenvalue weighted by Gasteiger charge is 2.15. The molecule has 98 valence electrons. The second-order valence-corrected chi connectivity index (χ2v) is 6.95. The molecule has 0 spiro atoms. The fourth-order valence-electron chi connectivity index (χ4n) is 1.94. The molecule has 18 heavy (non-hydrogen) atoms. The average molecular weight is 376 g/mol. The first-order valence-corrected chi connectivity index (χ1v) is 7.90. The number of nitrogens with two attached hydrogens (primary N) is 1. The lowest BCUT2D eigenvalue weighted by Gasteiger charge is -2.15. The van der Waals surface area contributed by atoms with Gasteiger partial charge in [0.05, 0.1) is 8.93 Å². The lowest BCUT2D eigenvalue weighted by atomic mass is 10.1. The van der Waals surface area contributed by atoms with Crippen LogP contribution in [0.5, 0.6) is 0 Å². The highest BCUT2D eigenvalue weighted by atomic mass is 127. The zero-order chi connectivity index (χ0) is 13.0. The number of aromatic nitrogens is 2. The van der Waals surface area contributed by atoms with Crippen molar-refractivity contribution in [1.82, 2.24) is 15.0 Å². The van der Waals surface area contributed by atoms with E-state index in [2.05, 4.69) is 55.9 Å². The predicted octanol–water partition coefficient (Wildman–Crippen LogP) is 2.71. The minimum absolute atomic E-state index is 0.128. The summed E-state index contributed by atoms with van der Waals surface area (Å²) >= 11 is 4.07. The number of hydrazine groups is 1. The van der Waals surface area contributed by atoms with Crippen LogP contribution in [0.25, 0.3) is 0 Å². The summed E-state index contributed by atoms with van der Waals surface area (Å²) in [5.74, 6) is 6.75. The predicted molar refractivity (Wildman–Crippen MR) is 83.3 cm³/mol. The third-order valence-corrected chi connectivity index (χ3v) is 4.65. The Bertz CT molecular complexity index is 494. The van der Waals surface area contributed by atoms with Gasteiger partial charge in [-0.3, -0.25) is 11.3 Å². The number of hydrogen-bond donors (Lipinski definition) is 2. The van der Waals surface area contributed by atoms with Crippen molar-refractivity contribution in [3.63, 3.8) is 0 Å². The quantitative estimate of drug-likeness (QED) is 0.463. The molecule has 4 nitrogen and oxygen atoms in total. The summed E-state index contributed by atoms with van der Waals surface area (Å²) < 4.78 is 3.47. The Hall–Kier alpha value is -0.440. The Balaban J connectivity index is 2.12. The van der Waals surface area contributed by atoms with Gasteiger partial charge < -0.3 is 4.57 Å². The summed E-state index contributed by atoms with van der Waals surface area (Å²) in [5.41, 5.74) is 4.12. The van der Waals surface area contributed by atoms with Crippen LogP contribution in [0.1, 0.15) is 30.8 Å². The molecule has 0 saturated heterocycles. The standard InChI is InChI=1S/C12H17IN4S/c1-2-4-17-5-3-15-12(17)7-10(16-14)9-6-11(13)18-8-9/h3,5-6,8,10,16H,2,4,7,14H2,1H3. The molecule has 3 N–H and O–H groups in total. The molecule has 0 bridgehead atoms. The normalized spacial score (nSPS) is 12.8. The van der Waals surface area contributed by atoms with Crippen LogP contribution >= 0.6 is 33.9 Å². The lowest BCUT2D eigenvalue weighted by Crippen LogP contribution is -2.30. The van der Waals surface area contributed by atoms with Crippen LogP contribution in [-0.2, 0) is 13.0 Å². The Kier molecular flexibility index (Phi) is 5.16. The third-order valence-electron chi connectivity index (χ3n) is 2.84. The van der Waals surface area contributed by atoms with E-state index >= 15 is 0 Å². The van der Waals surface area contributed by atoms with Gasteiger partial charge in [-0.1, -0.05) is 6.92 Å². The van der Waals surface area contributed by atoms with E-state index in [9.17, 15) is 0 Å². The molecule has 2 heterocycles. The minimum Gasteiger partial charge on any atom is -0.335 e. The van der Waals surface area contributed by atoms with E-state index < -0.39 is 0 Å². The summed E-state index contributed by atoms with van der Waals surface area (Å²) in [6, 6.07) is 2.30. The topological polar surface area (TPSA) is 55.9 Å². The van der Waals surface area contributed by atoms with Crippen molar-refractivity contribution in [1.29, 1.82) is 0 Å². The number of aryl methyl sites for hydroxylation is 1. The minimum atomic E-state index is 0.128. The lowest BCUT2D eigenvalue weighted by molar-refractivity contribution is 0.518. The first-order valence-electron chi connectivity index (χ1n) is 5.94. The van der Waals surface area contributed by atoms with Crippen LogP contribution in [0.2, 0.25) is 0 Å². The molecular weight excluding hydrogens is 359 g/mol. The maximum Gasteiger partial charge on any atom is 0.110 e. The van der Waals surface area contributed by atoms with Crippen LogP contribution in [0.15, 0.2) is 23.8 Å². The van der Waals surface area contributed by atoms with Crippen molar-refractivity contribution in [3.05, 3.63) is 38.1 Å². The number of nitrogens with zero attached hydrogens (tertiary/aromatic N) is 2. The molecule has 2 aromatic rings. The molecule has 0 aliphatic rings. The maximum atomic E-state index is 5.67. The van der Waals surface area contributed by atoms with Crippen molar-refractivity contribution in [2.24, 2.45) is 5.84 Å². The number of imidazole rings is 1. The second-order valence-electron chi connectivity index (χ2n) is 4.14. The first kappa shape index (κ1) is 14.0. The molecule has 2 rings (SSSR count). The zero-order valence-corrected chi connectivity index (χ0v) is 13.2. The zero-order valence-electron chi connectivity index (χ0n) is 10.3. The van der Waals surface area contributed by atoms with Crippen LogP contribution < -0.4 is 11.3 Å². The van der Waals surface area contributed by atoms with Gasteiger partial charge in [-0.2, -0.15) is 0 Å². The largest absolute Gasteiger partial charge is 0.335 e. The number of hydrogen-bond acceptors (Lipinski definition) is 4. The van der Waals surface area contributed by atoms with E-state index in [1.165, 1.54) is 8.45 Å². The molecular formula is C12H17IN4S. The van der Waals surface area contributed by atoms with Gasteiger partial charge in [-0.05, 0) is 46.0 Å². The van der Waals surface area contributed by atoms with Gasteiger partial charge in [0.2, 0.25) is 0 Å². The third kappa shape index (κ3) is 3.31. The van der Waals surface area contributed by atoms with Gasteiger partial charge in [0, 0.05) is 25.4 Å². The summed E-state index contributed by atoms with van der Waals surface area (Å²) in [4.78, 5) is 4.42. The van der Waals surface area contributed by atoms with Crippen molar-refractivity contribution in [3.8, 4) is 0 Å². The number of rotatable bonds is 6. The highest BCUT2D eigenvalue weighted by Crippen LogP contribution is 2.24. The molecule has 0 aliphatic heterocycles. The van der Waals surface area contributed by atoms with Crippen LogP contribution in [0.4, 0.5) is 0 Å². The number of nitrogens with one attached hydrogen (secondary N) is 1. The fraction of sp³-hybridized carbons (Fsp3) is 0.417. The number of thiophene rings is 1. The molecule has 0 saturated carbocycles. The average Bonchev–Trinajstić information content (AvgIpc) is 2.96. The summed E-state index contributed by atoms with van der Waals surface area (Å²) in [5, 5.41) is 2.15. The van der Waals surface area contributed by atoms with E-state index in [0.29, 0.717) is 0 Å². The Morgan fingerprint density at radius 2 is 2.44 bits per heavy atom. The summed E-state index contributed by atoms with van der Waals surface area (Å²) in [6.45, 7) is 3.18. The first-order chi connectivity index (χ1) is 8.74. The molecule has 0 radical (unpaired) electrons. The summed E-state index contributed by atoms with van der Waals surface area (Å²) in [6.07, 6.45) is 5.82. The van der Waals surface area contributed by atoms with E-state index in [1.54, 1.807) is 11.3 Å². The van der Waals surface area contributed by atoms with Gasteiger partial charge in [0.1, 0.15) is 5.82 Å². The van der Waals surface area contributed by atoms with Crippen LogP contribution in [-0.4, -0.2) is 9.55 Å². The van der Waals surface area contributed by atoms with E-state index in [1.807, 2.05) is 12.4 Å². The Morgan fingerprint density at radius 3 is 3.06 bits per heavy atom. The monoisotopic (exact) mass is 376 g/mol. The van der Waals surface area contributed by atoms with Gasteiger partial charge >= 0.3 is 0 Å².